The molecule has 1 heterocycles. The number of nitrogens with zero attached hydrogens (tertiary/aromatic N) is 1. The van der Waals surface area contributed by atoms with Gasteiger partial charge in [-0.3, -0.25) is 9.79 Å². The Morgan fingerprint density at radius 1 is 1.21 bits per heavy atom. The normalized spacial score (nSPS) is 26.2. The first-order chi connectivity index (χ1) is 9.28. The van der Waals surface area contributed by atoms with Gasteiger partial charge in [0.05, 0.1) is 19.1 Å². The van der Waals surface area contributed by atoms with Crippen LogP contribution in [0.25, 0.3) is 0 Å². The van der Waals surface area contributed by atoms with E-state index in [1.807, 2.05) is 24.3 Å². The van der Waals surface area contributed by atoms with Crippen LogP contribution in [-0.2, 0) is 4.79 Å². The van der Waals surface area contributed by atoms with Crippen LogP contribution in [0.5, 0.6) is 5.75 Å². The molecule has 1 N–H and O–H groups in total. The van der Waals surface area contributed by atoms with Crippen LogP contribution < -0.4 is 10.1 Å². The number of benzene rings is 1. The molecule has 100 valence electrons. The number of methoxy groups -OCH3 is 1. The smallest absolute Gasteiger partial charge is 0.230 e. The van der Waals surface area contributed by atoms with E-state index in [-0.39, 0.29) is 17.9 Å². The Morgan fingerprint density at radius 2 is 1.95 bits per heavy atom. The van der Waals surface area contributed by atoms with Crippen molar-refractivity contribution < 1.29 is 9.53 Å². The first-order valence-electron chi connectivity index (χ1n) is 6.81. The van der Waals surface area contributed by atoms with Crippen molar-refractivity contribution in [2.24, 2.45) is 10.9 Å². The molecular weight excluding hydrogens is 240 g/mol. The number of amides is 1. The van der Waals surface area contributed by atoms with Gasteiger partial charge in [0.25, 0.3) is 0 Å². The number of hydrogen-bond acceptors (Lipinski definition) is 3. The van der Waals surface area contributed by atoms with Crippen molar-refractivity contribution in [1.29, 1.82) is 0 Å². The molecule has 2 aliphatic rings. The van der Waals surface area contributed by atoms with Crippen molar-refractivity contribution in [1.82, 2.24) is 5.32 Å². The number of ether oxygens (including phenoxy) is 1. The molecule has 3 rings (SSSR count). The van der Waals surface area contributed by atoms with E-state index in [9.17, 15) is 4.79 Å². The molecular formula is C15H18N2O2. The van der Waals surface area contributed by atoms with Gasteiger partial charge >= 0.3 is 0 Å². The number of carbonyl (C=O) groups excluding carboxylic acids is 1. The molecule has 1 aliphatic carbocycles. The van der Waals surface area contributed by atoms with Crippen molar-refractivity contribution >= 4 is 11.7 Å². The Labute approximate surface area is 112 Å². The molecule has 0 aromatic heterocycles. The van der Waals surface area contributed by atoms with Gasteiger partial charge in [-0.25, -0.2) is 0 Å². The van der Waals surface area contributed by atoms with Crippen molar-refractivity contribution in [3.05, 3.63) is 29.8 Å². The highest BCUT2D eigenvalue weighted by Gasteiger charge is 2.35. The first-order valence-corrected chi connectivity index (χ1v) is 6.81. The Kier molecular flexibility index (Phi) is 3.23. The maximum absolute atomic E-state index is 12.1. The highest BCUT2D eigenvalue weighted by molar-refractivity contribution is 6.10. The monoisotopic (exact) mass is 258 g/mol. The number of rotatable bonds is 2. The third kappa shape index (κ3) is 2.35. The van der Waals surface area contributed by atoms with E-state index in [4.69, 9.17) is 9.73 Å². The fourth-order valence-corrected chi connectivity index (χ4v) is 2.87. The summed E-state index contributed by atoms with van der Waals surface area (Å²) in [6.45, 7) is 0. The molecule has 1 saturated carbocycles. The predicted octanol–water partition coefficient (Wildman–Crippen LogP) is 2.13. The van der Waals surface area contributed by atoms with Crippen molar-refractivity contribution in [2.45, 2.75) is 31.7 Å². The third-order valence-electron chi connectivity index (χ3n) is 3.97. The molecule has 0 bridgehead atoms. The maximum atomic E-state index is 12.1. The minimum Gasteiger partial charge on any atom is -0.497 e. The fraction of sp³-hybridized carbons (Fsp3) is 0.467. The summed E-state index contributed by atoms with van der Waals surface area (Å²) in [5.74, 6) is 1.72. The third-order valence-corrected chi connectivity index (χ3v) is 3.97. The summed E-state index contributed by atoms with van der Waals surface area (Å²) in [4.78, 5) is 16.8. The van der Waals surface area contributed by atoms with Gasteiger partial charge in [0.15, 0.2) is 0 Å². The zero-order valence-electron chi connectivity index (χ0n) is 11.1. The molecule has 0 saturated heterocycles. The first kappa shape index (κ1) is 12.2. The van der Waals surface area contributed by atoms with E-state index < -0.39 is 0 Å². The maximum Gasteiger partial charge on any atom is 0.230 e. The highest BCUT2D eigenvalue weighted by Crippen LogP contribution is 2.29. The van der Waals surface area contributed by atoms with E-state index in [0.717, 1.165) is 30.6 Å². The summed E-state index contributed by atoms with van der Waals surface area (Å²) in [6, 6.07) is 7.80. The summed E-state index contributed by atoms with van der Waals surface area (Å²) < 4.78 is 5.14. The second-order valence-electron chi connectivity index (χ2n) is 5.15. The number of amidine groups is 1. The van der Waals surface area contributed by atoms with E-state index in [2.05, 4.69) is 5.32 Å². The number of aliphatic imine (C=N–C) groups is 1. The lowest BCUT2D eigenvalue weighted by molar-refractivity contribution is -0.125. The molecule has 1 aliphatic heterocycles. The Balaban J connectivity index is 1.87. The summed E-state index contributed by atoms with van der Waals surface area (Å²) in [6.07, 6.45) is 4.31. The zero-order chi connectivity index (χ0) is 13.2. The molecule has 2 atom stereocenters. The number of hydrogen-bond donors (Lipinski definition) is 1. The van der Waals surface area contributed by atoms with Crippen molar-refractivity contribution in [3.63, 3.8) is 0 Å². The van der Waals surface area contributed by atoms with Gasteiger partial charge in [-0.1, -0.05) is 12.8 Å². The molecule has 1 fully saturated rings. The highest BCUT2D eigenvalue weighted by atomic mass is 16.5. The lowest BCUT2D eigenvalue weighted by atomic mass is 9.83. The van der Waals surface area contributed by atoms with Gasteiger partial charge in [0.1, 0.15) is 11.6 Å². The lowest BCUT2D eigenvalue weighted by Crippen LogP contribution is -2.47. The second kappa shape index (κ2) is 5.03. The summed E-state index contributed by atoms with van der Waals surface area (Å²) >= 11 is 0. The summed E-state index contributed by atoms with van der Waals surface area (Å²) in [5, 5.41) is 2.94. The fourth-order valence-electron chi connectivity index (χ4n) is 2.87. The van der Waals surface area contributed by atoms with Crippen LogP contribution in [-0.4, -0.2) is 24.9 Å². The van der Waals surface area contributed by atoms with E-state index in [1.165, 1.54) is 6.42 Å². The number of nitrogens with one attached hydrogen (secondary N) is 1. The quantitative estimate of drug-likeness (QED) is 0.883. The van der Waals surface area contributed by atoms with Crippen LogP contribution in [0.15, 0.2) is 29.3 Å². The van der Waals surface area contributed by atoms with Gasteiger partial charge in [0, 0.05) is 5.56 Å². The average molecular weight is 258 g/mol. The molecule has 1 aromatic carbocycles. The molecule has 1 amide bonds. The summed E-state index contributed by atoms with van der Waals surface area (Å²) in [5.41, 5.74) is 0.943. The van der Waals surface area contributed by atoms with E-state index in [0.29, 0.717) is 5.84 Å². The Morgan fingerprint density at radius 3 is 2.68 bits per heavy atom. The van der Waals surface area contributed by atoms with Crippen molar-refractivity contribution in [3.8, 4) is 5.75 Å². The minimum absolute atomic E-state index is 0.0794. The molecule has 1 aromatic rings. The van der Waals surface area contributed by atoms with Crippen LogP contribution in [0.2, 0.25) is 0 Å². The summed E-state index contributed by atoms with van der Waals surface area (Å²) in [7, 11) is 1.64. The predicted molar refractivity (Wildman–Crippen MR) is 73.4 cm³/mol. The Bertz CT molecular complexity index is 507. The van der Waals surface area contributed by atoms with Crippen LogP contribution in [0, 0.1) is 5.92 Å². The number of carbonyl (C=O) groups is 1. The van der Waals surface area contributed by atoms with Crippen LogP contribution in [0.4, 0.5) is 0 Å². The molecule has 0 spiro atoms. The lowest BCUT2D eigenvalue weighted by Gasteiger charge is -2.32. The largest absolute Gasteiger partial charge is 0.497 e. The van der Waals surface area contributed by atoms with Crippen LogP contribution in [0.1, 0.15) is 31.2 Å². The van der Waals surface area contributed by atoms with Gasteiger partial charge < -0.3 is 10.1 Å². The van der Waals surface area contributed by atoms with E-state index >= 15 is 0 Å². The van der Waals surface area contributed by atoms with Crippen molar-refractivity contribution in [2.75, 3.05) is 7.11 Å². The zero-order valence-corrected chi connectivity index (χ0v) is 11.1. The van der Waals surface area contributed by atoms with E-state index in [1.54, 1.807) is 7.11 Å². The topological polar surface area (TPSA) is 50.7 Å². The van der Waals surface area contributed by atoms with Crippen LogP contribution >= 0.6 is 0 Å². The van der Waals surface area contributed by atoms with Crippen LogP contribution in [0.3, 0.4) is 0 Å². The molecule has 4 nitrogen and oxygen atoms in total. The average Bonchev–Trinajstić information content (AvgIpc) is 2.47. The van der Waals surface area contributed by atoms with Gasteiger partial charge in [-0.05, 0) is 37.1 Å². The standard InChI is InChI=1S/C15H18N2O2/c1-19-11-8-6-10(7-9-11)14-16-13-5-3-2-4-12(13)15(18)17-14/h6-9,12-13H,2-5H2,1H3,(H,16,17,18)/t12-,13+/m0/s1. The molecule has 0 radical (unpaired) electrons. The Hall–Kier alpha value is -1.84. The molecule has 4 heteroatoms. The molecule has 0 unspecified atom stereocenters. The van der Waals surface area contributed by atoms with Gasteiger partial charge in [0.2, 0.25) is 5.91 Å². The number of fused-ring (bicyclic) bond motifs is 1. The van der Waals surface area contributed by atoms with Gasteiger partial charge in [-0.2, -0.15) is 0 Å². The second-order valence-corrected chi connectivity index (χ2v) is 5.15. The SMILES string of the molecule is COc1ccc(C2=N[C@@H]3CCCC[C@@H]3C(=O)N2)cc1. The minimum atomic E-state index is 0.0794. The molecule has 19 heavy (non-hydrogen) atoms. The van der Waals surface area contributed by atoms with Gasteiger partial charge in [-0.15, -0.1) is 0 Å².